The number of hydrogen-bond acceptors (Lipinski definition) is 6. The van der Waals surface area contributed by atoms with E-state index in [9.17, 15) is 14.9 Å². The first-order valence-corrected chi connectivity index (χ1v) is 13.4. The van der Waals surface area contributed by atoms with E-state index >= 15 is 0 Å². The number of nitrogens with zero attached hydrogens (tertiary/aromatic N) is 4. The molecule has 0 spiro atoms. The van der Waals surface area contributed by atoms with E-state index < -0.39 is 10.5 Å². The van der Waals surface area contributed by atoms with E-state index in [-0.39, 0.29) is 28.6 Å². The average molecular weight is 669 g/mol. The van der Waals surface area contributed by atoms with Gasteiger partial charge in [0.1, 0.15) is 6.61 Å². The molecule has 0 unspecified atom stereocenters. The van der Waals surface area contributed by atoms with Gasteiger partial charge in [-0.3, -0.25) is 14.9 Å². The molecule has 0 amide bonds. The lowest BCUT2D eigenvalue weighted by Crippen LogP contribution is -2.20. The van der Waals surface area contributed by atoms with Crippen LogP contribution in [0.25, 0.3) is 22.3 Å². The van der Waals surface area contributed by atoms with Gasteiger partial charge in [0.2, 0.25) is 5.75 Å². The number of para-hydroxylation sites is 1. The van der Waals surface area contributed by atoms with Crippen molar-refractivity contribution in [1.82, 2.24) is 9.66 Å². The number of aromatic nitrogens is 2. The fourth-order valence-corrected chi connectivity index (χ4v) is 5.28. The van der Waals surface area contributed by atoms with Crippen LogP contribution in [0.1, 0.15) is 11.1 Å². The molecule has 0 bridgehead atoms. The van der Waals surface area contributed by atoms with E-state index in [1.807, 2.05) is 48.5 Å². The van der Waals surface area contributed by atoms with E-state index in [4.69, 9.17) is 16.3 Å². The standard InChI is InChI=1S/C28H17Br2ClN4O4/c29-20-11-10-18(23(30)13-20)16-39-26-19(12-21(31)14-25(26)35(37)38)15-32-34-27(17-6-2-1-3-7-17)33-24-9-5-4-8-22(24)28(34)36/h1-15H,16H2. The molecule has 0 aliphatic heterocycles. The van der Waals surface area contributed by atoms with Crippen LogP contribution in [0, 0.1) is 10.1 Å². The molecule has 0 saturated carbocycles. The molecule has 0 radical (unpaired) electrons. The highest BCUT2D eigenvalue weighted by molar-refractivity contribution is 9.11. The Kier molecular flexibility index (Phi) is 7.87. The molecule has 0 saturated heterocycles. The van der Waals surface area contributed by atoms with Gasteiger partial charge in [0.15, 0.2) is 5.82 Å². The van der Waals surface area contributed by atoms with Crippen LogP contribution in [0.4, 0.5) is 5.69 Å². The maximum Gasteiger partial charge on any atom is 0.313 e. The number of nitro benzene ring substituents is 1. The summed E-state index contributed by atoms with van der Waals surface area (Å²) in [6.45, 7) is 0.0317. The van der Waals surface area contributed by atoms with Crippen LogP contribution < -0.4 is 10.3 Å². The molecule has 0 aliphatic rings. The molecule has 0 fully saturated rings. The van der Waals surface area contributed by atoms with E-state index in [0.717, 1.165) is 14.5 Å². The number of ether oxygens (including phenoxy) is 1. The molecule has 194 valence electrons. The minimum absolute atomic E-state index is 0.0317. The second kappa shape index (κ2) is 11.5. The van der Waals surface area contributed by atoms with E-state index in [2.05, 4.69) is 41.9 Å². The Hall–Kier alpha value is -3.86. The maximum atomic E-state index is 13.5. The predicted molar refractivity (Wildman–Crippen MR) is 159 cm³/mol. The highest BCUT2D eigenvalue weighted by Crippen LogP contribution is 2.35. The van der Waals surface area contributed by atoms with Crippen molar-refractivity contribution in [2.75, 3.05) is 0 Å². The van der Waals surface area contributed by atoms with Crippen molar-refractivity contribution in [2.24, 2.45) is 5.10 Å². The van der Waals surface area contributed by atoms with Gasteiger partial charge in [-0.15, -0.1) is 0 Å². The van der Waals surface area contributed by atoms with Crippen LogP contribution in [-0.2, 0) is 6.61 Å². The first kappa shape index (κ1) is 26.7. The van der Waals surface area contributed by atoms with E-state index in [1.165, 1.54) is 23.0 Å². The zero-order chi connectivity index (χ0) is 27.5. The molecule has 8 nitrogen and oxygen atoms in total. The van der Waals surface area contributed by atoms with Gasteiger partial charge in [-0.05, 0) is 30.3 Å². The first-order chi connectivity index (χ1) is 18.8. The molecule has 5 aromatic rings. The first-order valence-electron chi connectivity index (χ1n) is 11.5. The Bertz CT molecular complexity index is 1810. The third-order valence-corrected chi connectivity index (χ3v) is 7.19. The topological polar surface area (TPSA) is 99.6 Å². The van der Waals surface area contributed by atoms with Gasteiger partial charge in [0, 0.05) is 36.7 Å². The predicted octanol–water partition coefficient (Wildman–Crippen LogP) is 7.61. The van der Waals surface area contributed by atoms with Gasteiger partial charge < -0.3 is 4.74 Å². The fourth-order valence-electron chi connectivity index (χ4n) is 3.90. The largest absolute Gasteiger partial charge is 0.481 e. The summed E-state index contributed by atoms with van der Waals surface area (Å²) in [6, 6.07) is 24.3. The van der Waals surface area contributed by atoms with Crippen molar-refractivity contribution in [3.05, 3.63) is 130 Å². The zero-order valence-corrected chi connectivity index (χ0v) is 23.9. The minimum Gasteiger partial charge on any atom is -0.481 e. The van der Waals surface area contributed by atoms with E-state index in [1.54, 1.807) is 24.3 Å². The van der Waals surface area contributed by atoms with Gasteiger partial charge in [-0.25, -0.2) is 4.98 Å². The molecular formula is C28H17Br2ClN4O4. The molecule has 1 heterocycles. The Balaban J connectivity index is 1.63. The van der Waals surface area contributed by atoms with Crippen LogP contribution in [0.3, 0.4) is 0 Å². The Morgan fingerprint density at radius 2 is 1.77 bits per heavy atom. The number of halogens is 3. The molecule has 0 aliphatic carbocycles. The van der Waals surface area contributed by atoms with Gasteiger partial charge in [0.25, 0.3) is 5.56 Å². The summed E-state index contributed by atoms with van der Waals surface area (Å²) in [5.41, 5.74) is 1.47. The average Bonchev–Trinajstić information content (AvgIpc) is 2.93. The summed E-state index contributed by atoms with van der Waals surface area (Å²) < 4.78 is 8.76. The smallest absolute Gasteiger partial charge is 0.313 e. The van der Waals surface area contributed by atoms with Crippen LogP contribution in [-0.4, -0.2) is 20.8 Å². The number of hydrogen-bond donors (Lipinski definition) is 0. The number of fused-ring (bicyclic) bond motifs is 1. The quantitative estimate of drug-likeness (QED) is 0.101. The summed E-state index contributed by atoms with van der Waals surface area (Å²) in [5.74, 6) is 0.277. The Morgan fingerprint density at radius 3 is 2.51 bits per heavy atom. The number of nitro groups is 1. The summed E-state index contributed by atoms with van der Waals surface area (Å²) in [6.07, 6.45) is 1.31. The molecule has 4 aromatic carbocycles. The lowest BCUT2D eigenvalue weighted by Gasteiger charge is -2.12. The SMILES string of the molecule is O=c1c2ccccc2nc(-c2ccccc2)n1N=Cc1cc(Cl)cc([N+](=O)[O-])c1OCc1ccc(Br)cc1Br. The van der Waals surface area contributed by atoms with Gasteiger partial charge in [-0.1, -0.05) is 92.0 Å². The molecule has 5 rings (SSSR count). The van der Waals surface area contributed by atoms with Gasteiger partial charge >= 0.3 is 5.69 Å². The number of rotatable bonds is 7. The van der Waals surface area contributed by atoms with Crippen molar-refractivity contribution in [2.45, 2.75) is 6.61 Å². The van der Waals surface area contributed by atoms with Crippen LogP contribution in [0.15, 0.2) is 104 Å². The second-order valence-electron chi connectivity index (χ2n) is 8.30. The van der Waals surface area contributed by atoms with Crippen molar-refractivity contribution < 1.29 is 9.66 Å². The van der Waals surface area contributed by atoms with Crippen molar-refractivity contribution in [3.8, 4) is 17.1 Å². The second-order valence-corrected chi connectivity index (χ2v) is 10.5. The van der Waals surface area contributed by atoms with Crippen LogP contribution in [0.5, 0.6) is 5.75 Å². The number of benzene rings is 4. The Labute approximate surface area is 243 Å². The molecule has 11 heteroatoms. The summed E-state index contributed by atoms with van der Waals surface area (Å²) in [4.78, 5) is 29.5. The summed E-state index contributed by atoms with van der Waals surface area (Å²) >= 11 is 13.1. The normalized spacial score (nSPS) is 11.3. The van der Waals surface area contributed by atoms with Gasteiger partial charge in [-0.2, -0.15) is 9.78 Å². The van der Waals surface area contributed by atoms with Crippen molar-refractivity contribution in [3.63, 3.8) is 0 Å². The molecule has 0 N–H and O–H groups in total. The van der Waals surface area contributed by atoms with Crippen molar-refractivity contribution in [1.29, 1.82) is 0 Å². The van der Waals surface area contributed by atoms with Gasteiger partial charge in [0.05, 0.1) is 22.0 Å². The third kappa shape index (κ3) is 5.78. The monoisotopic (exact) mass is 666 g/mol. The third-order valence-electron chi connectivity index (χ3n) is 5.74. The summed E-state index contributed by atoms with van der Waals surface area (Å²) in [5, 5.41) is 16.8. The zero-order valence-electron chi connectivity index (χ0n) is 19.9. The fraction of sp³-hybridized carbons (Fsp3) is 0.0357. The van der Waals surface area contributed by atoms with Crippen LogP contribution in [0.2, 0.25) is 5.02 Å². The van der Waals surface area contributed by atoms with Crippen molar-refractivity contribution >= 4 is 66.3 Å². The minimum atomic E-state index is -0.575. The highest BCUT2D eigenvalue weighted by atomic mass is 79.9. The lowest BCUT2D eigenvalue weighted by molar-refractivity contribution is -0.385. The van der Waals surface area contributed by atoms with E-state index in [0.29, 0.717) is 22.3 Å². The molecule has 1 aromatic heterocycles. The summed E-state index contributed by atoms with van der Waals surface area (Å²) in [7, 11) is 0. The lowest BCUT2D eigenvalue weighted by atomic mass is 10.1. The highest BCUT2D eigenvalue weighted by Gasteiger charge is 2.21. The maximum absolute atomic E-state index is 13.5. The molecular weight excluding hydrogens is 652 g/mol. The Morgan fingerprint density at radius 1 is 1.03 bits per heavy atom. The van der Waals surface area contributed by atoms with Crippen LogP contribution >= 0.6 is 43.5 Å². The molecule has 0 atom stereocenters. The molecule has 39 heavy (non-hydrogen) atoms.